The highest BCUT2D eigenvalue weighted by Gasteiger charge is 2.09. The Bertz CT molecular complexity index is 369. The summed E-state index contributed by atoms with van der Waals surface area (Å²) >= 11 is 0. The lowest BCUT2D eigenvalue weighted by Crippen LogP contribution is -2.19. The number of hydrogen-bond acceptors (Lipinski definition) is 3. The van der Waals surface area contributed by atoms with Crippen molar-refractivity contribution in [3.63, 3.8) is 0 Å². The minimum absolute atomic E-state index is 0.109. The quantitative estimate of drug-likeness (QED) is 0.590. The van der Waals surface area contributed by atoms with Crippen LogP contribution in [0.3, 0.4) is 0 Å². The predicted molar refractivity (Wildman–Crippen MR) is 55.5 cm³/mol. The molecular formula is C11H13F2NO2. The van der Waals surface area contributed by atoms with Gasteiger partial charge in [-0.1, -0.05) is 0 Å². The van der Waals surface area contributed by atoms with Crippen molar-refractivity contribution in [3.05, 3.63) is 29.3 Å². The van der Waals surface area contributed by atoms with Gasteiger partial charge in [0.05, 0.1) is 13.7 Å². The minimum Gasteiger partial charge on any atom is -0.494 e. The molecule has 3 nitrogen and oxygen atoms in total. The van der Waals surface area contributed by atoms with Crippen molar-refractivity contribution in [2.75, 3.05) is 20.2 Å². The molecule has 0 radical (unpaired) electrons. The van der Waals surface area contributed by atoms with E-state index in [2.05, 4.69) is 10.1 Å². The number of nitrogens with one attached hydrogen (secondary N) is 1. The van der Waals surface area contributed by atoms with Crippen LogP contribution < -0.4 is 10.1 Å². The van der Waals surface area contributed by atoms with Crippen LogP contribution in [-0.4, -0.2) is 26.5 Å². The van der Waals surface area contributed by atoms with Crippen LogP contribution in [0.25, 0.3) is 0 Å². The van der Waals surface area contributed by atoms with Crippen molar-refractivity contribution in [2.45, 2.75) is 6.42 Å². The number of benzene rings is 1. The lowest BCUT2D eigenvalue weighted by atomic mass is 10.1. The van der Waals surface area contributed by atoms with E-state index in [4.69, 9.17) is 0 Å². The van der Waals surface area contributed by atoms with Crippen LogP contribution in [0.15, 0.2) is 12.1 Å². The van der Waals surface area contributed by atoms with Crippen LogP contribution in [0, 0.1) is 11.6 Å². The van der Waals surface area contributed by atoms with Crippen LogP contribution >= 0.6 is 0 Å². The Hall–Kier alpha value is -1.49. The van der Waals surface area contributed by atoms with E-state index in [1.165, 1.54) is 7.11 Å². The highest BCUT2D eigenvalue weighted by Crippen LogP contribution is 2.21. The number of ether oxygens (including phenoxy) is 1. The normalized spacial score (nSPS) is 10.2. The average molecular weight is 229 g/mol. The first-order valence-electron chi connectivity index (χ1n) is 4.85. The van der Waals surface area contributed by atoms with Gasteiger partial charge >= 0.3 is 0 Å². The molecule has 0 aliphatic rings. The summed E-state index contributed by atoms with van der Waals surface area (Å²) in [4.78, 5) is 10.0. The third-order valence-electron chi connectivity index (χ3n) is 2.12. The van der Waals surface area contributed by atoms with Gasteiger partial charge in [0.2, 0.25) is 0 Å². The molecule has 0 spiro atoms. The third kappa shape index (κ3) is 3.27. The van der Waals surface area contributed by atoms with Crippen molar-refractivity contribution in [3.8, 4) is 5.75 Å². The first kappa shape index (κ1) is 12.6. The molecule has 1 aromatic carbocycles. The summed E-state index contributed by atoms with van der Waals surface area (Å²) in [5.41, 5.74) is 0.261. The van der Waals surface area contributed by atoms with Gasteiger partial charge in [-0.2, -0.15) is 0 Å². The van der Waals surface area contributed by atoms with E-state index in [0.717, 1.165) is 12.1 Å². The summed E-state index contributed by atoms with van der Waals surface area (Å²) in [6, 6.07) is 2.13. The molecular weight excluding hydrogens is 216 g/mol. The van der Waals surface area contributed by atoms with E-state index in [0.29, 0.717) is 19.3 Å². The Kier molecular flexibility index (Phi) is 4.85. The topological polar surface area (TPSA) is 38.3 Å². The Labute approximate surface area is 92.4 Å². The number of carbonyl (C=O) groups is 1. The van der Waals surface area contributed by atoms with E-state index in [1.54, 1.807) is 0 Å². The van der Waals surface area contributed by atoms with Crippen LogP contribution in [0.4, 0.5) is 8.78 Å². The molecule has 88 valence electrons. The molecule has 5 heteroatoms. The Balaban J connectivity index is 2.66. The molecule has 0 saturated heterocycles. The minimum atomic E-state index is -0.589. The maximum atomic E-state index is 13.4. The van der Waals surface area contributed by atoms with Crippen molar-refractivity contribution in [2.24, 2.45) is 0 Å². The highest BCUT2D eigenvalue weighted by molar-refractivity contribution is 5.51. The van der Waals surface area contributed by atoms with Crippen molar-refractivity contribution in [1.29, 1.82) is 0 Å². The molecule has 16 heavy (non-hydrogen) atoms. The van der Waals surface area contributed by atoms with Gasteiger partial charge < -0.3 is 14.8 Å². The van der Waals surface area contributed by atoms with Crippen molar-refractivity contribution in [1.82, 2.24) is 5.32 Å². The van der Waals surface area contributed by atoms with Crippen molar-refractivity contribution >= 4 is 6.29 Å². The van der Waals surface area contributed by atoms with Gasteiger partial charge in [-0.25, -0.2) is 8.78 Å². The van der Waals surface area contributed by atoms with Gasteiger partial charge in [-0.15, -0.1) is 0 Å². The molecule has 0 aromatic heterocycles. The number of aldehydes is 1. The fourth-order valence-electron chi connectivity index (χ4n) is 1.30. The summed E-state index contributed by atoms with van der Waals surface area (Å²) in [5.74, 6) is -1.21. The number of rotatable bonds is 6. The average Bonchev–Trinajstić information content (AvgIpc) is 2.28. The molecule has 1 rings (SSSR count). The molecule has 0 amide bonds. The van der Waals surface area contributed by atoms with E-state index < -0.39 is 11.6 Å². The Morgan fingerprint density at radius 2 is 2.12 bits per heavy atom. The molecule has 0 aliphatic heterocycles. The van der Waals surface area contributed by atoms with E-state index >= 15 is 0 Å². The second kappa shape index (κ2) is 6.17. The van der Waals surface area contributed by atoms with Gasteiger partial charge in [0.15, 0.2) is 11.6 Å². The van der Waals surface area contributed by atoms with Crippen LogP contribution in [0.1, 0.15) is 5.56 Å². The smallest absolute Gasteiger partial charge is 0.165 e. The van der Waals surface area contributed by atoms with Crippen LogP contribution in [0.5, 0.6) is 5.75 Å². The van der Waals surface area contributed by atoms with Gasteiger partial charge in [0, 0.05) is 6.07 Å². The zero-order chi connectivity index (χ0) is 12.0. The van der Waals surface area contributed by atoms with E-state index in [-0.39, 0.29) is 17.9 Å². The molecule has 0 saturated carbocycles. The maximum Gasteiger partial charge on any atom is 0.165 e. The summed E-state index contributed by atoms with van der Waals surface area (Å²) in [7, 11) is 1.28. The zero-order valence-corrected chi connectivity index (χ0v) is 8.93. The Morgan fingerprint density at radius 3 is 2.75 bits per heavy atom. The highest BCUT2D eigenvalue weighted by atomic mass is 19.1. The van der Waals surface area contributed by atoms with Crippen LogP contribution in [-0.2, 0) is 11.2 Å². The van der Waals surface area contributed by atoms with Crippen LogP contribution in [0.2, 0.25) is 0 Å². The molecule has 0 unspecified atom stereocenters. The third-order valence-corrected chi connectivity index (χ3v) is 2.12. The number of methoxy groups -OCH3 is 1. The fourth-order valence-corrected chi connectivity index (χ4v) is 1.30. The van der Waals surface area contributed by atoms with Gasteiger partial charge in [-0.05, 0) is 24.6 Å². The van der Waals surface area contributed by atoms with E-state index in [9.17, 15) is 13.6 Å². The molecule has 1 N–H and O–H groups in total. The number of hydrogen-bond donors (Lipinski definition) is 1. The van der Waals surface area contributed by atoms with Gasteiger partial charge in [0.25, 0.3) is 0 Å². The Morgan fingerprint density at radius 1 is 1.38 bits per heavy atom. The molecule has 0 heterocycles. The molecule has 1 aromatic rings. The monoisotopic (exact) mass is 229 g/mol. The zero-order valence-electron chi connectivity index (χ0n) is 8.93. The molecule has 0 atom stereocenters. The first-order valence-corrected chi connectivity index (χ1v) is 4.85. The number of halogens is 2. The standard InChI is InChI=1S/C11H13F2NO2/c1-16-11-7-9(12)8(6-10(11)13)2-3-14-4-5-15/h5-7,14H,2-4H2,1H3. The molecule has 0 bridgehead atoms. The lowest BCUT2D eigenvalue weighted by Gasteiger charge is -2.07. The van der Waals surface area contributed by atoms with Crippen molar-refractivity contribution < 1.29 is 18.3 Å². The first-order chi connectivity index (χ1) is 7.69. The largest absolute Gasteiger partial charge is 0.494 e. The summed E-state index contributed by atoms with van der Waals surface area (Å²) in [5, 5.41) is 2.77. The molecule has 0 aliphatic carbocycles. The fraction of sp³-hybridized carbons (Fsp3) is 0.364. The van der Waals surface area contributed by atoms with Gasteiger partial charge in [0.1, 0.15) is 12.1 Å². The molecule has 0 fully saturated rings. The predicted octanol–water partition coefficient (Wildman–Crippen LogP) is 1.30. The van der Waals surface area contributed by atoms with E-state index in [1.807, 2.05) is 0 Å². The lowest BCUT2D eigenvalue weighted by molar-refractivity contribution is -0.107. The van der Waals surface area contributed by atoms with Gasteiger partial charge in [-0.3, -0.25) is 0 Å². The SMILES string of the molecule is COc1cc(F)c(CCNCC=O)cc1F. The second-order valence-corrected chi connectivity index (χ2v) is 3.20. The number of carbonyl (C=O) groups excluding carboxylic acids is 1. The maximum absolute atomic E-state index is 13.4. The summed E-state index contributed by atoms with van der Waals surface area (Å²) < 4.78 is 31.3. The summed E-state index contributed by atoms with van der Waals surface area (Å²) in [6.45, 7) is 0.627. The second-order valence-electron chi connectivity index (χ2n) is 3.20. The summed E-state index contributed by atoms with van der Waals surface area (Å²) in [6.07, 6.45) is 1.03.